The van der Waals surface area contributed by atoms with Crippen LogP contribution < -0.4 is 15.6 Å². The van der Waals surface area contributed by atoms with Crippen molar-refractivity contribution in [2.24, 2.45) is 0 Å². The molecular formula is C12H21N3Si. The third-order valence-corrected chi connectivity index (χ3v) is 5.02. The Hall–Kier alpha value is -0.843. The number of rotatable bonds is 2. The molecule has 4 heteroatoms. The first-order valence-corrected chi connectivity index (χ1v) is 9.27. The minimum absolute atomic E-state index is 0.926. The van der Waals surface area contributed by atoms with Crippen LogP contribution in [0.2, 0.25) is 19.6 Å². The Morgan fingerprint density at radius 1 is 1.12 bits per heavy atom. The van der Waals surface area contributed by atoms with E-state index in [1.165, 1.54) is 10.9 Å². The van der Waals surface area contributed by atoms with Crippen LogP contribution in [0.5, 0.6) is 0 Å². The molecule has 1 N–H and O–H groups in total. The van der Waals surface area contributed by atoms with Crippen molar-refractivity contribution in [1.82, 2.24) is 10.3 Å². The maximum Gasteiger partial charge on any atom is 0.0872 e. The molecule has 1 aliphatic rings. The van der Waals surface area contributed by atoms with Gasteiger partial charge in [0.25, 0.3) is 0 Å². The van der Waals surface area contributed by atoms with Gasteiger partial charge in [0.1, 0.15) is 0 Å². The molecule has 1 aliphatic heterocycles. The summed E-state index contributed by atoms with van der Waals surface area (Å²) >= 11 is 0. The molecule has 1 heterocycles. The zero-order chi connectivity index (χ0) is 11.8. The Morgan fingerprint density at radius 2 is 1.75 bits per heavy atom. The molecule has 0 bridgehead atoms. The van der Waals surface area contributed by atoms with Crippen LogP contribution in [0.3, 0.4) is 0 Å². The average molecular weight is 235 g/mol. The molecule has 16 heavy (non-hydrogen) atoms. The Morgan fingerprint density at radius 3 is 2.19 bits per heavy atom. The summed E-state index contributed by atoms with van der Waals surface area (Å²) in [5.74, 6) is 0. The summed E-state index contributed by atoms with van der Waals surface area (Å²) in [5.41, 5.74) is 4.61. The molecule has 1 fully saturated rings. The van der Waals surface area contributed by atoms with Crippen LogP contribution in [-0.2, 0) is 0 Å². The first-order chi connectivity index (χ1) is 7.47. The fourth-order valence-corrected chi connectivity index (χ4v) is 3.03. The quantitative estimate of drug-likeness (QED) is 0.782. The molecular weight excluding hydrogens is 214 g/mol. The summed E-state index contributed by atoms with van der Waals surface area (Å²) < 4.78 is 0. The van der Waals surface area contributed by atoms with Crippen LogP contribution in [0.15, 0.2) is 24.3 Å². The number of hydrazine groups is 1. The summed E-state index contributed by atoms with van der Waals surface area (Å²) in [4.78, 5) is 2.24. The zero-order valence-corrected chi connectivity index (χ0v) is 11.6. The first-order valence-electron chi connectivity index (χ1n) is 5.77. The third kappa shape index (κ3) is 2.45. The van der Waals surface area contributed by atoms with Gasteiger partial charge in [0.15, 0.2) is 0 Å². The summed E-state index contributed by atoms with van der Waals surface area (Å²) in [6, 6.07) is 9.00. The summed E-state index contributed by atoms with van der Waals surface area (Å²) in [5, 5.41) is 3.71. The number of anilines is 1. The van der Waals surface area contributed by atoms with E-state index >= 15 is 0 Å². The number of hydrogen-bond acceptors (Lipinski definition) is 3. The fraction of sp³-hybridized carbons (Fsp3) is 0.500. The molecule has 1 saturated heterocycles. The van der Waals surface area contributed by atoms with Gasteiger partial charge in [0.05, 0.1) is 27.1 Å². The van der Waals surface area contributed by atoms with Gasteiger partial charge in [0, 0.05) is 0 Å². The lowest BCUT2D eigenvalue weighted by Gasteiger charge is -2.20. The molecule has 0 amide bonds. The van der Waals surface area contributed by atoms with Crippen molar-refractivity contribution in [2.45, 2.75) is 19.6 Å². The minimum Gasteiger partial charge on any atom is -0.293 e. The van der Waals surface area contributed by atoms with Crippen molar-refractivity contribution in [2.75, 3.05) is 25.4 Å². The van der Waals surface area contributed by atoms with Crippen molar-refractivity contribution >= 4 is 18.9 Å². The van der Waals surface area contributed by atoms with E-state index in [9.17, 15) is 0 Å². The van der Waals surface area contributed by atoms with Gasteiger partial charge < -0.3 is 0 Å². The van der Waals surface area contributed by atoms with Crippen molar-refractivity contribution in [3.05, 3.63) is 24.3 Å². The molecule has 0 spiro atoms. The molecule has 0 unspecified atom stereocenters. The number of nitrogens with zero attached hydrogens (tertiary/aromatic N) is 2. The van der Waals surface area contributed by atoms with Crippen LogP contribution in [0.4, 0.5) is 5.69 Å². The van der Waals surface area contributed by atoms with Crippen molar-refractivity contribution in [3.63, 3.8) is 0 Å². The number of benzene rings is 1. The Bertz CT molecular complexity index is 356. The smallest absolute Gasteiger partial charge is 0.0872 e. The van der Waals surface area contributed by atoms with E-state index in [-0.39, 0.29) is 0 Å². The van der Waals surface area contributed by atoms with Gasteiger partial charge in [-0.1, -0.05) is 37.0 Å². The van der Waals surface area contributed by atoms with Crippen LogP contribution >= 0.6 is 0 Å². The second kappa shape index (κ2) is 4.20. The van der Waals surface area contributed by atoms with Crippen LogP contribution in [-0.4, -0.2) is 33.4 Å². The van der Waals surface area contributed by atoms with E-state index in [0.29, 0.717) is 0 Å². The molecule has 0 aromatic heterocycles. The van der Waals surface area contributed by atoms with Crippen molar-refractivity contribution in [3.8, 4) is 0 Å². The normalized spacial score (nSPS) is 18.1. The van der Waals surface area contributed by atoms with E-state index in [1.807, 2.05) is 0 Å². The third-order valence-electron chi connectivity index (χ3n) is 2.96. The lowest BCUT2D eigenvalue weighted by Crippen LogP contribution is -2.38. The summed E-state index contributed by atoms with van der Waals surface area (Å²) in [6.45, 7) is 9.01. The Kier molecular flexibility index (Phi) is 3.05. The van der Waals surface area contributed by atoms with Crippen molar-refractivity contribution < 1.29 is 0 Å². The maximum absolute atomic E-state index is 3.35. The van der Waals surface area contributed by atoms with Gasteiger partial charge >= 0.3 is 0 Å². The predicted octanol–water partition coefficient (Wildman–Crippen LogP) is 1.40. The molecule has 0 atom stereocenters. The standard InChI is InChI=1S/C12H21N3Si/c1-14-9-13-15(10-14)11-5-7-12(8-6-11)16(2,3)4/h5-8,13H,9-10H2,1-4H3. The molecule has 88 valence electrons. The second-order valence-corrected chi connectivity index (χ2v) is 10.6. The lowest BCUT2D eigenvalue weighted by molar-refractivity contribution is 0.411. The molecule has 0 aliphatic carbocycles. The zero-order valence-electron chi connectivity index (χ0n) is 10.6. The maximum atomic E-state index is 3.35. The summed E-state index contributed by atoms with van der Waals surface area (Å²) in [7, 11) is 0.956. The van der Waals surface area contributed by atoms with Gasteiger partial charge in [-0.15, -0.1) is 0 Å². The number of hydrogen-bond donors (Lipinski definition) is 1. The number of nitrogens with one attached hydrogen (secondary N) is 1. The van der Waals surface area contributed by atoms with Crippen molar-refractivity contribution in [1.29, 1.82) is 0 Å². The largest absolute Gasteiger partial charge is 0.293 e. The molecule has 1 aromatic carbocycles. The highest BCUT2D eigenvalue weighted by Gasteiger charge is 2.18. The summed E-state index contributed by atoms with van der Waals surface area (Å²) in [6.07, 6.45) is 0. The minimum atomic E-state index is -1.16. The van der Waals surface area contributed by atoms with E-state index in [1.54, 1.807) is 0 Å². The van der Waals surface area contributed by atoms with Gasteiger partial charge in [-0.3, -0.25) is 9.91 Å². The fourth-order valence-electron chi connectivity index (χ4n) is 1.86. The first kappa shape index (κ1) is 11.6. The predicted molar refractivity (Wildman–Crippen MR) is 72.5 cm³/mol. The molecule has 0 radical (unpaired) electrons. The van der Waals surface area contributed by atoms with Gasteiger partial charge in [-0.2, -0.15) is 0 Å². The second-order valence-electron chi connectivity index (χ2n) is 5.54. The van der Waals surface area contributed by atoms with Gasteiger partial charge in [0.2, 0.25) is 0 Å². The molecule has 0 saturated carbocycles. The van der Waals surface area contributed by atoms with E-state index in [2.05, 4.69) is 66.3 Å². The highest BCUT2D eigenvalue weighted by molar-refractivity contribution is 6.88. The molecule has 1 aromatic rings. The SMILES string of the molecule is CN1CNN(c2ccc([Si](C)(C)C)cc2)C1. The van der Waals surface area contributed by atoms with E-state index in [4.69, 9.17) is 0 Å². The lowest BCUT2D eigenvalue weighted by atomic mass is 10.3. The van der Waals surface area contributed by atoms with E-state index < -0.39 is 8.07 Å². The van der Waals surface area contributed by atoms with Gasteiger partial charge in [-0.05, 0) is 19.2 Å². The highest BCUT2D eigenvalue weighted by atomic mass is 28.3. The Balaban J connectivity index is 2.14. The average Bonchev–Trinajstić information content (AvgIpc) is 2.64. The molecule has 2 rings (SSSR count). The van der Waals surface area contributed by atoms with Crippen LogP contribution in [0.1, 0.15) is 0 Å². The van der Waals surface area contributed by atoms with Gasteiger partial charge in [-0.25, -0.2) is 5.43 Å². The topological polar surface area (TPSA) is 18.5 Å². The highest BCUT2D eigenvalue weighted by Crippen LogP contribution is 2.14. The van der Waals surface area contributed by atoms with Crippen LogP contribution in [0, 0.1) is 0 Å². The molecule has 3 nitrogen and oxygen atoms in total. The monoisotopic (exact) mass is 235 g/mol. The van der Waals surface area contributed by atoms with Crippen LogP contribution in [0.25, 0.3) is 0 Å². The Labute approximate surface area is 99.0 Å². The van der Waals surface area contributed by atoms with E-state index in [0.717, 1.165) is 13.3 Å².